The van der Waals surface area contributed by atoms with Crippen LogP contribution in [-0.4, -0.2) is 0 Å². The van der Waals surface area contributed by atoms with Gasteiger partial charge in [-0.15, -0.1) is 0 Å². The van der Waals surface area contributed by atoms with Crippen LogP contribution in [-0.2, 0) is 6.61 Å². The fraction of sp³-hybridized carbons (Fsp3) is 0.263. The molecule has 0 bridgehead atoms. The Labute approximate surface area is 258 Å². The minimum absolute atomic E-state index is 0.0302. The van der Waals surface area contributed by atoms with Crippen LogP contribution in [0, 0.1) is 40.8 Å². The van der Waals surface area contributed by atoms with Crippen LogP contribution in [0.25, 0.3) is 33.0 Å². The number of rotatable bonds is 8. The molecular weight excluding hydrogens is 586 g/mol. The summed E-state index contributed by atoms with van der Waals surface area (Å²) in [5.41, 5.74) is 3.12. The van der Waals surface area contributed by atoms with Gasteiger partial charge in [-0.3, -0.25) is 0 Å². The second kappa shape index (κ2) is 13.0. The summed E-state index contributed by atoms with van der Waals surface area (Å²) < 4.78 is 92.1. The molecule has 0 aliphatic heterocycles. The molecule has 1 saturated carbocycles. The van der Waals surface area contributed by atoms with Gasteiger partial charge in [0.1, 0.15) is 12.4 Å². The predicted octanol–water partition coefficient (Wildman–Crippen LogP) is 11.7. The molecule has 1 fully saturated rings. The number of hydrogen-bond acceptors (Lipinski definition) is 1. The lowest BCUT2D eigenvalue weighted by molar-refractivity contribution is 0.274. The fourth-order valence-corrected chi connectivity index (χ4v) is 6.50. The maximum absolute atomic E-state index is 15.2. The second-order valence-electron chi connectivity index (χ2n) is 11.9. The van der Waals surface area contributed by atoms with Crippen LogP contribution in [0.5, 0.6) is 5.75 Å². The summed E-state index contributed by atoms with van der Waals surface area (Å²) >= 11 is 0. The third kappa shape index (κ3) is 6.44. The quantitative estimate of drug-likeness (QED) is 0.124. The van der Waals surface area contributed by atoms with E-state index < -0.39 is 40.7 Å². The van der Waals surface area contributed by atoms with Gasteiger partial charge in [-0.05, 0) is 101 Å². The lowest BCUT2D eigenvalue weighted by Gasteiger charge is -2.28. The molecule has 0 heterocycles. The van der Waals surface area contributed by atoms with E-state index in [1.807, 2.05) is 6.07 Å². The average molecular weight is 619 g/mol. The Balaban J connectivity index is 1.13. The normalized spacial score (nSPS) is 16.7. The maximum atomic E-state index is 15.2. The molecule has 232 valence electrons. The fourth-order valence-electron chi connectivity index (χ4n) is 6.50. The van der Waals surface area contributed by atoms with Gasteiger partial charge in [-0.2, -0.15) is 0 Å². The zero-order chi connectivity index (χ0) is 31.7. The van der Waals surface area contributed by atoms with Crippen LogP contribution in [0.4, 0.5) is 26.3 Å². The highest BCUT2D eigenvalue weighted by Gasteiger charge is 2.23. The topological polar surface area (TPSA) is 9.23 Å². The van der Waals surface area contributed by atoms with Crippen molar-refractivity contribution in [2.75, 3.05) is 0 Å². The molecule has 7 heteroatoms. The Kier molecular flexibility index (Phi) is 8.88. The Morgan fingerprint density at radius 3 is 1.98 bits per heavy atom. The monoisotopic (exact) mass is 618 g/mol. The van der Waals surface area contributed by atoms with Crippen molar-refractivity contribution in [2.45, 2.75) is 58.0 Å². The van der Waals surface area contributed by atoms with Crippen molar-refractivity contribution in [1.82, 2.24) is 0 Å². The molecule has 0 unspecified atom stereocenters. The van der Waals surface area contributed by atoms with Gasteiger partial charge in [-0.25, -0.2) is 26.3 Å². The molecule has 1 nitrogen and oxygen atoms in total. The molecule has 45 heavy (non-hydrogen) atoms. The van der Waals surface area contributed by atoms with E-state index in [0.717, 1.165) is 55.4 Å². The smallest absolute Gasteiger partial charge is 0.195 e. The molecule has 6 rings (SSSR count). The molecule has 0 spiro atoms. The number of hydrogen-bond donors (Lipinski definition) is 0. The first-order valence-corrected chi connectivity index (χ1v) is 15.3. The van der Waals surface area contributed by atoms with Crippen molar-refractivity contribution in [3.63, 3.8) is 0 Å². The molecule has 1 aliphatic rings. The van der Waals surface area contributed by atoms with E-state index in [0.29, 0.717) is 22.6 Å². The molecule has 0 amide bonds. The molecule has 5 aromatic rings. The highest BCUT2D eigenvalue weighted by Crippen LogP contribution is 2.39. The Bertz CT molecular complexity index is 1820. The third-order valence-corrected chi connectivity index (χ3v) is 8.96. The Morgan fingerprint density at radius 2 is 1.31 bits per heavy atom. The van der Waals surface area contributed by atoms with Crippen molar-refractivity contribution in [3.05, 3.63) is 125 Å². The van der Waals surface area contributed by atoms with Gasteiger partial charge in [0.2, 0.25) is 0 Å². The largest absolute Gasteiger partial charge is 0.483 e. The van der Waals surface area contributed by atoms with Gasteiger partial charge in [0, 0.05) is 10.9 Å². The van der Waals surface area contributed by atoms with E-state index >= 15 is 13.2 Å². The van der Waals surface area contributed by atoms with Crippen LogP contribution in [0.15, 0.2) is 78.9 Å². The molecule has 0 radical (unpaired) electrons. The van der Waals surface area contributed by atoms with E-state index in [1.165, 1.54) is 25.0 Å². The molecular formula is C38H32F6O. The van der Waals surface area contributed by atoms with Crippen molar-refractivity contribution < 1.29 is 31.1 Å². The van der Waals surface area contributed by atoms with Crippen molar-refractivity contribution in [3.8, 4) is 28.0 Å². The third-order valence-electron chi connectivity index (χ3n) is 8.96. The van der Waals surface area contributed by atoms with Crippen LogP contribution in [0.3, 0.4) is 0 Å². The second-order valence-corrected chi connectivity index (χ2v) is 11.9. The Morgan fingerprint density at radius 1 is 0.622 bits per heavy atom. The molecule has 0 N–H and O–H groups in total. The van der Waals surface area contributed by atoms with Crippen LogP contribution in [0.1, 0.15) is 62.5 Å². The lowest BCUT2D eigenvalue weighted by atomic mass is 9.77. The van der Waals surface area contributed by atoms with Gasteiger partial charge in [-0.1, -0.05) is 68.3 Å². The van der Waals surface area contributed by atoms with Crippen LogP contribution in [0.2, 0.25) is 0 Å². The minimum atomic E-state index is -1.52. The molecule has 0 aromatic heterocycles. The lowest BCUT2D eigenvalue weighted by Crippen LogP contribution is -2.13. The van der Waals surface area contributed by atoms with Crippen molar-refractivity contribution in [2.24, 2.45) is 5.92 Å². The first-order valence-electron chi connectivity index (χ1n) is 15.3. The van der Waals surface area contributed by atoms with Gasteiger partial charge in [0.25, 0.3) is 0 Å². The predicted molar refractivity (Wildman–Crippen MR) is 165 cm³/mol. The van der Waals surface area contributed by atoms with Gasteiger partial charge >= 0.3 is 0 Å². The zero-order valence-corrected chi connectivity index (χ0v) is 24.8. The molecule has 5 aromatic carbocycles. The molecule has 0 saturated heterocycles. The number of halogens is 6. The first-order chi connectivity index (χ1) is 21.7. The van der Waals surface area contributed by atoms with Crippen molar-refractivity contribution >= 4 is 10.8 Å². The summed E-state index contributed by atoms with van der Waals surface area (Å²) in [6.45, 7) is 2.06. The van der Waals surface area contributed by atoms with E-state index in [-0.39, 0.29) is 28.5 Å². The maximum Gasteiger partial charge on any atom is 0.195 e. The number of fused-ring (bicyclic) bond motifs is 1. The number of benzene rings is 5. The summed E-state index contributed by atoms with van der Waals surface area (Å²) in [6, 6.07) is 19.4. The van der Waals surface area contributed by atoms with Gasteiger partial charge in [0.15, 0.2) is 34.8 Å². The minimum Gasteiger partial charge on any atom is -0.483 e. The summed E-state index contributed by atoms with van der Waals surface area (Å²) in [7, 11) is 0. The van der Waals surface area contributed by atoms with E-state index in [9.17, 15) is 13.2 Å². The van der Waals surface area contributed by atoms with E-state index in [4.69, 9.17) is 4.74 Å². The van der Waals surface area contributed by atoms with Gasteiger partial charge < -0.3 is 4.74 Å². The Hall–Kier alpha value is -4.26. The van der Waals surface area contributed by atoms with E-state index in [2.05, 4.69) is 6.92 Å². The summed E-state index contributed by atoms with van der Waals surface area (Å²) in [4.78, 5) is 0. The SMILES string of the molecule is CCC[C@H]1CC[C@H](c2ccc(-c3cc(F)c(OCc4ccc(-c5ccc6c(F)c(F)c(F)cc6c5)cc4)c(F)c3)c(F)c2)CC1. The highest BCUT2D eigenvalue weighted by atomic mass is 19.2. The standard InChI is InChI=1S/C38H32F6O/c1-2-3-22-4-8-25(9-5-22)27-12-14-30(32(39)17-27)29-19-34(41)38(35(42)20-29)45-21-23-6-10-24(11-7-23)26-13-15-31-28(16-26)18-33(40)37(44)36(31)43/h6-7,10-20,22,25H,2-5,8-9,21H2,1H3/t22-,25-. The molecule has 0 atom stereocenters. The summed E-state index contributed by atoms with van der Waals surface area (Å²) in [5.74, 6) is -5.93. The average Bonchev–Trinajstić information content (AvgIpc) is 3.04. The number of ether oxygens (including phenoxy) is 1. The molecule has 1 aliphatic carbocycles. The van der Waals surface area contributed by atoms with Crippen LogP contribution >= 0.6 is 0 Å². The van der Waals surface area contributed by atoms with Crippen molar-refractivity contribution in [1.29, 1.82) is 0 Å². The van der Waals surface area contributed by atoms with Gasteiger partial charge in [0.05, 0.1) is 0 Å². The van der Waals surface area contributed by atoms with E-state index in [1.54, 1.807) is 42.5 Å². The first kappa shape index (κ1) is 30.8. The van der Waals surface area contributed by atoms with Crippen LogP contribution < -0.4 is 4.74 Å². The summed E-state index contributed by atoms with van der Waals surface area (Å²) in [5, 5.41) is 0.184. The zero-order valence-electron chi connectivity index (χ0n) is 24.8. The highest BCUT2D eigenvalue weighted by molar-refractivity contribution is 5.88. The summed E-state index contributed by atoms with van der Waals surface area (Å²) in [6.07, 6.45) is 6.74.